The Bertz CT molecular complexity index is 2890. The molecule has 0 fully saturated rings. The van der Waals surface area contributed by atoms with Gasteiger partial charge in [-0.3, -0.25) is 0 Å². The summed E-state index contributed by atoms with van der Waals surface area (Å²) in [6.07, 6.45) is 0. The second-order valence-corrected chi connectivity index (χ2v) is 13.8. The molecule has 0 aliphatic carbocycles. The predicted octanol–water partition coefficient (Wildman–Crippen LogP) is 14.0. The molecule has 10 rings (SSSR count). The summed E-state index contributed by atoms with van der Waals surface area (Å²) in [5.74, 6) is 0.655. The standard InChI is InChI=1S/C52H34N2O/c1-4-14-35(15-5-1)38-26-28-39(29-27-38)49-51-50(47-24-10-11-25-48(47)55-51)54-52(53-49)43-23-13-21-41(31-43)40-20-12-22-42(30-40)46-33-44(36-16-6-2-7-17-36)32-45(34-46)37-18-8-3-9-19-37/h1-34H. The first-order valence-corrected chi connectivity index (χ1v) is 18.6. The minimum absolute atomic E-state index is 0.655. The lowest BCUT2D eigenvalue weighted by Crippen LogP contribution is -1.94. The van der Waals surface area contributed by atoms with E-state index in [0.29, 0.717) is 11.4 Å². The molecule has 0 amide bonds. The zero-order chi connectivity index (χ0) is 36.6. The van der Waals surface area contributed by atoms with Crippen molar-refractivity contribution in [3.63, 3.8) is 0 Å². The van der Waals surface area contributed by atoms with Crippen LogP contribution in [0.4, 0.5) is 0 Å². The normalized spacial score (nSPS) is 11.3. The van der Waals surface area contributed by atoms with E-state index in [9.17, 15) is 0 Å². The molecule has 0 bridgehead atoms. The fourth-order valence-corrected chi connectivity index (χ4v) is 7.47. The molecule has 3 heteroatoms. The third-order valence-corrected chi connectivity index (χ3v) is 10.3. The minimum atomic E-state index is 0.655. The zero-order valence-corrected chi connectivity index (χ0v) is 29.9. The molecule has 0 saturated carbocycles. The van der Waals surface area contributed by atoms with E-state index >= 15 is 0 Å². The van der Waals surface area contributed by atoms with Gasteiger partial charge in [-0.15, -0.1) is 0 Å². The van der Waals surface area contributed by atoms with Crippen molar-refractivity contribution in [1.29, 1.82) is 0 Å². The number of para-hydroxylation sites is 1. The Morgan fingerprint density at radius 3 is 1.29 bits per heavy atom. The number of nitrogens with zero attached hydrogens (tertiary/aromatic N) is 2. The van der Waals surface area contributed by atoms with E-state index in [2.05, 4.69) is 182 Å². The molecule has 0 aliphatic heterocycles. The predicted molar refractivity (Wildman–Crippen MR) is 227 cm³/mol. The Morgan fingerprint density at radius 1 is 0.291 bits per heavy atom. The van der Waals surface area contributed by atoms with Gasteiger partial charge in [0, 0.05) is 16.5 Å². The van der Waals surface area contributed by atoms with Crippen LogP contribution in [0.2, 0.25) is 0 Å². The Morgan fingerprint density at radius 2 is 0.691 bits per heavy atom. The molecule has 0 unspecified atom stereocenters. The third kappa shape index (κ3) is 6.28. The van der Waals surface area contributed by atoms with Crippen LogP contribution in [0.1, 0.15) is 0 Å². The van der Waals surface area contributed by atoms with E-state index in [1.807, 2.05) is 24.3 Å². The molecule has 10 aromatic rings. The molecule has 0 saturated heterocycles. The Balaban J connectivity index is 1.06. The van der Waals surface area contributed by atoms with Crippen LogP contribution in [0.15, 0.2) is 211 Å². The lowest BCUT2D eigenvalue weighted by molar-refractivity contribution is 0.667. The fourth-order valence-electron chi connectivity index (χ4n) is 7.47. The summed E-state index contributed by atoms with van der Waals surface area (Å²) in [7, 11) is 0. The maximum Gasteiger partial charge on any atom is 0.180 e. The SMILES string of the molecule is c1ccc(-c2ccc(-c3nc(-c4cccc(-c5cccc(-c6cc(-c7ccccc7)cc(-c7ccccc7)c6)c5)c4)nc4c3oc3ccccc34)cc2)cc1. The Labute approximate surface area is 319 Å². The highest BCUT2D eigenvalue weighted by molar-refractivity contribution is 6.07. The van der Waals surface area contributed by atoms with Crippen molar-refractivity contribution in [3.8, 4) is 78.3 Å². The van der Waals surface area contributed by atoms with Gasteiger partial charge in [-0.05, 0) is 98.1 Å². The molecule has 0 spiro atoms. The van der Waals surface area contributed by atoms with Gasteiger partial charge in [0.2, 0.25) is 0 Å². The highest BCUT2D eigenvalue weighted by atomic mass is 16.3. The Kier molecular flexibility index (Phi) is 8.16. The monoisotopic (exact) mass is 702 g/mol. The molecule has 0 aliphatic rings. The van der Waals surface area contributed by atoms with Gasteiger partial charge < -0.3 is 4.42 Å². The number of fused-ring (bicyclic) bond motifs is 3. The van der Waals surface area contributed by atoms with Crippen molar-refractivity contribution in [2.45, 2.75) is 0 Å². The maximum atomic E-state index is 6.44. The van der Waals surface area contributed by atoms with Gasteiger partial charge in [-0.2, -0.15) is 0 Å². The number of furan rings is 1. The van der Waals surface area contributed by atoms with Gasteiger partial charge in [0.1, 0.15) is 16.8 Å². The van der Waals surface area contributed by atoms with Gasteiger partial charge in [0.25, 0.3) is 0 Å². The second kappa shape index (κ2) is 13.9. The van der Waals surface area contributed by atoms with Crippen LogP contribution in [0.3, 0.4) is 0 Å². The highest BCUT2D eigenvalue weighted by Crippen LogP contribution is 2.38. The zero-order valence-electron chi connectivity index (χ0n) is 29.9. The summed E-state index contributed by atoms with van der Waals surface area (Å²) in [6, 6.07) is 72.5. The molecule has 258 valence electrons. The molecular formula is C52H34N2O. The van der Waals surface area contributed by atoms with Crippen molar-refractivity contribution in [1.82, 2.24) is 9.97 Å². The highest BCUT2D eigenvalue weighted by Gasteiger charge is 2.19. The molecule has 0 N–H and O–H groups in total. The van der Waals surface area contributed by atoms with Crippen molar-refractivity contribution < 1.29 is 4.42 Å². The maximum absolute atomic E-state index is 6.44. The summed E-state index contributed by atoms with van der Waals surface area (Å²) in [6.45, 7) is 0. The third-order valence-electron chi connectivity index (χ3n) is 10.3. The van der Waals surface area contributed by atoms with E-state index in [1.54, 1.807) is 0 Å². The summed E-state index contributed by atoms with van der Waals surface area (Å²) in [5.41, 5.74) is 16.6. The van der Waals surface area contributed by atoms with Crippen molar-refractivity contribution in [2.75, 3.05) is 0 Å². The van der Waals surface area contributed by atoms with E-state index in [-0.39, 0.29) is 0 Å². The lowest BCUT2D eigenvalue weighted by Gasteiger charge is -2.13. The van der Waals surface area contributed by atoms with E-state index in [0.717, 1.165) is 55.6 Å². The smallest absolute Gasteiger partial charge is 0.180 e. The first-order valence-electron chi connectivity index (χ1n) is 18.6. The lowest BCUT2D eigenvalue weighted by atomic mass is 9.92. The molecule has 8 aromatic carbocycles. The van der Waals surface area contributed by atoms with E-state index in [4.69, 9.17) is 14.4 Å². The minimum Gasteiger partial charge on any atom is -0.452 e. The summed E-state index contributed by atoms with van der Waals surface area (Å²) in [5, 5.41) is 0.972. The number of benzene rings is 8. The van der Waals surface area contributed by atoms with Crippen LogP contribution in [-0.2, 0) is 0 Å². The average Bonchev–Trinajstić information content (AvgIpc) is 3.66. The molecule has 3 nitrogen and oxygen atoms in total. The number of hydrogen-bond acceptors (Lipinski definition) is 3. The number of hydrogen-bond donors (Lipinski definition) is 0. The molecular weight excluding hydrogens is 669 g/mol. The largest absolute Gasteiger partial charge is 0.452 e. The van der Waals surface area contributed by atoms with E-state index in [1.165, 1.54) is 33.4 Å². The van der Waals surface area contributed by atoms with Crippen LogP contribution in [-0.4, -0.2) is 9.97 Å². The molecule has 2 heterocycles. The number of rotatable bonds is 7. The van der Waals surface area contributed by atoms with Crippen LogP contribution in [0, 0.1) is 0 Å². The summed E-state index contributed by atoms with van der Waals surface area (Å²) < 4.78 is 6.44. The van der Waals surface area contributed by atoms with Crippen molar-refractivity contribution in [2.24, 2.45) is 0 Å². The fraction of sp³-hybridized carbons (Fsp3) is 0. The molecule has 0 atom stereocenters. The van der Waals surface area contributed by atoms with Crippen LogP contribution < -0.4 is 0 Å². The average molecular weight is 703 g/mol. The summed E-state index contributed by atoms with van der Waals surface area (Å²) in [4.78, 5) is 10.4. The van der Waals surface area contributed by atoms with Crippen LogP contribution >= 0.6 is 0 Å². The van der Waals surface area contributed by atoms with Crippen molar-refractivity contribution >= 4 is 22.1 Å². The molecule has 0 radical (unpaired) electrons. The quantitative estimate of drug-likeness (QED) is 0.166. The van der Waals surface area contributed by atoms with Crippen LogP contribution in [0.5, 0.6) is 0 Å². The number of aromatic nitrogens is 2. The van der Waals surface area contributed by atoms with Gasteiger partial charge in [0.05, 0.1) is 0 Å². The Hall–Kier alpha value is -7.36. The topological polar surface area (TPSA) is 38.9 Å². The van der Waals surface area contributed by atoms with Crippen molar-refractivity contribution in [3.05, 3.63) is 206 Å². The first kappa shape index (κ1) is 32.3. The second-order valence-electron chi connectivity index (χ2n) is 13.8. The van der Waals surface area contributed by atoms with Gasteiger partial charge in [0.15, 0.2) is 11.4 Å². The van der Waals surface area contributed by atoms with Gasteiger partial charge in [-0.1, -0.05) is 164 Å². The summed E-state index contributed by atoms with van der Waals surface area (Å²) >= 11 is 0. The van der Waals surface area contributed by atoms with Gasteiger partial charge >= 0.3 is 0 Å². The van der Waals surface area contributed by atoms with E-state index < -0.39 is 0 Å². The molecule has 55 heavy (non-hydrogen) atoms. The van der Waals surface area contributed by atoms with Gasteiger partial charge in [-0.25, -0.2) is 9.97 Å². The first-order chi connectivity index (χ1) is 27.2. The molecule has 2 aromatic heterocycles. The van der Waals surface area contributed by atoms with Crippen LogP contribution in [0.25, 0.3) is 100 Å².